The monoisotopic (exact) mass is 315 g/mol. The third-order valence-electron chi connectivity index (χ3n) is 3.41. The van der Waals surface area contributed by atoms with E-state index in [1.54, 1.807) is 31.5 Å². The van der Waals surface area contributed by atoms with Gasteiger partial charge in [-0.15, -0.1) is 0 Å². The highest BCUT2D eigenvalue weighted by atomic mass is 19.1. The van der Waals surface area contributed by atoms with Crippen LogP contribution < -0.4 is 10.3 Å². The smallest absolute Gasteiger partial charge is 0.346 e. The Labute approximate surface area is 132 Å². The van der Waals surface area contributed by atoms with Gasteiger partial charge < -0.3 is 14.5 Å². The van der Waals surface area contributed by atoms with Gasteiger partial charge in [0.05, 0.1) is 30.5 Å². The highest BCUT2D eigenvalue weighted by Gasteiger charge is 2.20. The van der Waals surface area contributed by atoms with Gasteiger partial charge in [-0.1, -0.05) is 0 Å². The Hall–Kier alpha value is -2.89. The molecule has 1 aromatic carbocycles. The number of H-pyrrole nitrogens is 1. The van der Waals surface area contributed by atoms with Crippen molar-refractivity contribution < 1.29 is 23.3 Å². The number of aromatic amines is 1. The minimum atomic E-state index is -0.475. The summed E-state index contributed by atoms with van der Waals surface area (Å²) in [5.41, 5.74) is 1.53. The number of esters is 1. The summed E-state index contributed by atoms with van der Waals surface area (Å²) in [6, 6.07) is 7.95. The van der Waals surface area contributed by atoms with Crippen LogP contribution in [0.25, 0.3) is 10.9 Å². The van der Waals surface area contributed by atoms with Gasteiger partial charge in [-0.05, 0) is 31.2 Å². The molecule has 118 valence electrons. The van der Waals surface area contributed by atoms with Crippen molar-refractivity contribution in [3.8, 4) is 0 Å². The number of halogens is 1. The Bertz CT molecular complexity index is 831. The summed E-state index contributed by atoms with van der Waals surface area (Å²) in [6.45, 7) is 2.37. The number of anilines is 1. The van der Waals surface area contributed by atoms with E-state index in [2.05, 4.69) is 10.3 Å². The topological polar surface area (TPSA) is 65.6 Å². The summed E-state index contributed by atoms with van der Waals surface area (Å²) in [5, 5.41) is 3.72. The van der Waals surface area contributed by atoms with Crippen LogP contribution in [0.1, 0.15) is 23.0 Å². The molecular weight excluding hydrogens is 299 g/mol. The molecule has 0 aliphatic carbocycles. The highest BCUT2D eigenvalue weighted by Crippen LogP contribution is 2.26. The van der Waals surface area contributed by atoms with Crippen molar-refractivity contribution in [1.82, 2.24) is 0 Å². The first kappa shape index (κ1) is 15.0. The number of aromatic nitrogens is 1. The second-order valence-corrected chi connectivity index (χ2v) is 4.92. The molecule has 0 unspecified atom stereocenters. The highest BCUT2D eigenvalue weighted by molar-refractivity contribution is 6.03. The number of hydrogen-bond acceptors (Lipinski definition) is 4. The van der Waals surface area contributed by atoms with Crippen molar-refractivity contribution in [2.45, 2.75) is 13.5 Å². The molecular formula is C17H16FN2O3+. The van der Waals surface area contributed by atoms with Crippen LogP contribution in [0.4, 0.5) is 10.1 Å². The Kier molecular flexibility index (Phi) is 4.23. The molecule has 6 heteroatoms. The van der Waals surface area contributed by atoms with Crippen molar-refractivity contribution in [3.05, 3.63) is 59.9 Å². The second-order valence-electron chi connectivity index (χ2n) is 4.92. The summed E-state index contributed by atoms with van der Waals surface area (Å²) in [5.74, 6) is -0.151. The number of hydrogen-bond donors (Lipinski definition) is 1. The SMILES string of the molecule is CCOC(=O)c1c[nH+]c2ccc(F)cc2c1NCc1ccco1. The normalized spacial score (nSPS) is 10.7. The van der Waals surface area contributed by atoms with Crippen LogP contribution in [0.15, 0.2) is 47.2 Å². The lowest BCUT2D eigenvalue weighted by molar-refractivity contribution is -0.344. The van der Waals surface area contributed by atoms with Gasteiger partial charge in [0.1, 0.15) is 17.1 Å². The van der Waals surface area contributed by atoms with Crippen molar-refractivity contribution in [3.63, 3.8) is 0 Å². The number of carbonyl (C=O) groups is 1. The maximum absolute atomic E-state index is 13.6. The third-order valence-corrected chi connectivity index (χ3v) is 3.41. The number of pyridine rings is 1. The molecule has 5 nitrogen and oxygen atoms in total. The van der Waals surface area contributed by atoms with Crippen LogP contribution in [0.2, 0.25) is 0 Å². The van der Waals surface area contributed by atoms with E-state index < -0.39 is 5.97 Å². The van der Waals surface area contributed by atoms with Crippen LogP contribution >= 0.6 is 0 Å². The molecule has 0 aliphatic rings. The van der Waals surface area contributed by atoms with E-state index >= 15 is 0 Å². The van der Waals surface area contributed by atoms with E-state index in [1.165, 1.54) is 12.1 Å². The fraction of sp³-hybridized carbons (Fsp3) is 0.176. The molecule has 0 saturated carbocycles. The van der Waals surface area contributed by atoms with E-state index in [4.69, 9.17) is 9.15 Å². The van der Waals surface area contributed by atoms with E-state index in [9.17, 15) is 9.18 Å². The third kappa shape index (κ3) is 3.15. The van der Waals surface area contributed by atoms with Gasteiger partial charge in [0, 0.05) is 6.07 Å². The number of fused-ring (bicyclic) bond motifs is 1. The summed E-state index contributed by atoms with van der Waals surface area (Å²) in [6.07, 6.45) is 3.13. The Morgan fingerprint density at radius 1 is 1.39 bits per heavy atom. The lowest BCUT2D eigenvalue weighted by atomic mass is 10.1. The van der Waals surface area contributed by atoms with Crippen LogP contribution in [0, 0.1) is 5.82 Å². The van der Waals surface area contributed by atoms with Gasteiger partial charge in [0.25, 0.3) is 0 Å². The summed E-state index contributed by atoms with van der Waals surface area (Å²) in [4.78, 5) is 15.1. The first-order valence-corrected chi connectivity index (χ1v) is 7.26. The molecule has 2 N–H and O–H groups in total. The molecule has 0 atom stereocenters. The first-order chi connectivity index (χ1) is 11.2. The van der Waals surface area contributed by atoms with Crippen LogP contribution in [0.3, 0.4) is 0 Å². The number of benzene rings is 1. The van der Waals surface area contributed by atoms with Gasteiger partial charge in [-0.25, -0.2) is 14.2 Å². The standard InChI is InChI=1S/C17H15FN2O3/c1-2-22-17(21)14-10-19-15-6-5-11(18)8-13(15)16(14)20-9-12-4-3-7-23-12/h3-8,10H,2,9H2,1H3,(H,19,20)/p+1. The zero-order valence-electron chi connectivity index (χ0n) is 12.6. The number of furan rings is 1. The van der Waals surface area contributed by atoms with E-state index in [-0.39, 0.29) is 12.4 Å². The Morgan fingerprint density at radius 2 is 2.26 bits per heavy atom. The molecule has 0 spiro atoms. The molecule has 3 aromatic rings. The molecule has 23 heavy (non-hydrogen) atoms. The molecule has 0 amide bonds. The van der Waals surface area contributed by atoms with Crippen molar-refractivity contribution >= 4 is 22.6 Å². The van der Waals surface area contributed by atoms with Crippen LogP contribution in [-0.4, -0.2) is 12.6 Å². The van der Waals surface area contributed by atoms with E-state index in [0.29, 0.717) is 34.5 Å². The first-order valence-electron chi connectivity index (χ1n) is 7.26. The second kappa shape index (κ2) is 6.48. The fourth-order valence-electron chi connectivity index (χ4n) is 2.37. The zero-order chi connectivity index (χ0) is 16.2. The van der Waals surface area contributed by atoms with E-state index in [1.807, 2.05) is 6.07 Å². The molecule has 0 bridgehead atoms. The predicted octanol–water partition coefficient (Wildman–Crippen LogP) is 3.17. The minimum Gasteiger partial charge on any atom is -0.467 e. The number of rotatable bonds is 5. The average molecular weight is 315 g/mol. The number of carbonyl (C=O) groups excluding carboxylic acids is 1. The van der Waals surface area contributed by atoms with Crippen molar-refractivity contribution in [1.29, 1.82) is 0 Å². The number of nitrogens with one attached hydrogen (secondary N) is 2. The summed E-state index contributed by atoms with van der Waals surface area (Å²) in [7, 11) is 0. The Morgan fingerprint density at radius 3 is 3.00 bits per heavy atom. The molecule has 2 aromatic heterocycles. The average Bonchev–Trinajstić information content (AvgIpc) is 3.06. The Balaban J connectivity index is 2.06. The van der Waals surface area contributed by atoms with Crippen LogP contribution in [-0.2, 0) is 11.3 Å². The number of ether oxygens (including phenoxy) is 1. The maximum Gasteiger partial charge on any atom is 0.346 e. The lowest BCUT2D eigenvalue weighted by Gasteiger charge is -2.11. The molecule has 0 saturated heterocycles. The van der Waals surface area contributed by atoms with Crippen molar-refractivity contribution in [2.24, 2.45) is 0 Å². The fourth-order valence-corrected chi connectivity index (χ4v) is 2.37. The van der Waals surface area contributed by atoms with E-state index in [0.717, 1.165) is 0 Å². The van der Waals surface area contributed by atoms with Crippen molar-refractivity contribution in [2.75, 3.05) is 11.9 Å². The molecule has 0 fully saturated rings. The summed E-state index contributed by atoms with van der Waals surface area (Å²) >= 11 is 0. The van der Waals surface area contributed by atoms with Gasteiger partial charge in [0.15, 0.2) is 6.20 Å². The largest absolute Gasteiger partial charge is 0.467 e. The van der Waals surface area contributed by atoms with Gasteiger partial charge in [-0.3, -0.25) is 0 Å². The van der Waals surface area contributed by atoms with Gasteiger partial charge in [-0.2, -0.15) is 0 Å². The zero-order valence-corrected chi connectivity index (χ0v) is 12.6. The predicted molar refractivity (Wildman–Crippen MR) is 82.5 cm³/mol. The lowest BCUT2D eigenvalue weighted by Crippen LogP contribution is -2.16. The molecule has 0 aliphatic heterocycles. The molecule has 0 radical (unpaired) electrons. The minimum absolute atomic E-state index is 0.262. The molecule has 3 rings (SSSR count). The molecule has 2 heterocycles. The quantitative estimate of drug-likeness (QED) is 0.734. The summed E-state index contributed by atoms with van der Waals surface area (Å²) < 4.78 is 24.0. The maximum atomic E-state index is 13.6. The van der Waals surface area contributed by atoms with Gasteiger partial charge in [0.2, 0.25) is 5.52 Å². The van der Waals surface area contributed by atoms with Crippen LogP contribution in [0.5, 0.6) is 0 Å². The van der Waals surface area contributed by atoms with Gasteiger partial charge >= 0.3 is 5.97 Å².